The van der Waals surface area contributed by atoms with Gasteiger partial charge in [-0.15, -0.1) is 0 Å². The minimum Gasteiger partial charge on any atom is -0.332 e. The first-order valence-corrected chi connectivity index (χ1v) is 10.2. The third-order valence-electron chi connectivity index (χ3n) is 6.03. The van der Waals surface area contributed by atoms with Crippen molar-refractivity contribution in [2.75, 3.05) is 6.54 Å². The monoisotopic (exact) mass is 415 g/mol. The average molecular weight is 415 g/mol. The van der Waals surface area contributed by atoms with Crippen LogP contribution in [0.4, 0.5) is 4.39 Å². The smallest absolute Gasteiger partial charge is 0.274 e. The van der Waals surface area contributed by atoms with E-state index in [0.29, 0.717) is 24.5 Å². The first kappa shape index (κ1) is 19.2. The van der Waals surface area contributed by atoms with Crippen molar-refractivity contribution in [3.8, 4) is 5.69 Å². The van der Waals surface area contributed by atoms with Crippen molar-refractivity contribution in [3.05, 3.63) is 101 Å². The molecule has 0 bridgehead atoms. The second-order valence-corrected chi connectivity index (χ2v) is 7.87. The van der Waals surface area contributed by atoms with E-state index in [9.17, 15) is 9.18 Å². The van der Waals surface area contributed by atoms with Gasteiger partial charge in [-0.05, 0) is 48.4 Å². The maximum Gasteiger partial charge on any atom is 0.274 e. The Balaban J connectivity index is 1.46. The molecule has 31 heavy (non-hydrogen) atoms. The molecule has 4 aromatic rings. The van der Waals surface area contributed by atoms with Crippen LogP contribution in [-0.2, 0) is 13.6 Å². The molecule has 6 nitrogen and oxygen atoms in total. The predicted octanol–water partition coefficient (Wildman–Crippen LogP) is 3.84. The Bertz CT molecular complexity index is 1260. The van der Waals surface area contributed by atoms with E-state index in [1.165, 1.54) is 17.7 Å². The maximum atomic E-state index is 13.3. The van der Waals surface area contributed by atoms with E-state index in [-0.39, 0.29) is 17.6 Å². The Morgan fingerprint density at radius 2 is 1.84 bits per heavy atom. The number of amides is 1. The molecule has 0 fully saturated rings. The second-order valence-electron chi connectivity index (χ2n) is 7.87. The minimum absolute atomic E-state index is 0.0572. The van der Waals surface area contributed by atoms with E-state index < -0.39 is 0 Å². The van der Waals surface area contributed by atoms with Crippen molar-refractivity contribution in [2.45, 2.75) is 19.4 Å². The molecule has 1 aliphatic heterocycles. The summed E-state index contributed by atoms with van der Waals surface area (Å²) in [5, 5.41) is 8.85. The Kier molecular flexibility index (Phi) is 4.66. The van der Waals surface area contributed by atoms with Crippen molar-refractivity contribution in [2.24, 2.45) is 7.05 Å². The third-order valence-corrected chi connectivity index (χ3v) is 6.03. The average Bonchev–Trinajstić information content (AvgIpc) is 3.40. The normalized spacial score (nSPS) is 15.7. The zero-order chi connectivity index (χ0) is 21.5. The molecule has 1 amide bonds. The van der Waals surface area contributed by atoms with Gasteiger partial charge in [0.15, 0.2) is 5.69 Å². The number of nitrogens with zero attached hydrogens (tertiary/aromatic N) is 5. The van der Waals surface area contributed by atoms with Crippen LogP contribution in [-0.4, -0.2) is 36.9 Å². The van der Waals surface area contributed by atoms with Crippen LogP contribution in [0.1, 0.15) is 38.8 Å². The topological polar surface area (TPSA) is 56.0 Å². The van der Waals surface area contributed by atoms with E-state index in [1.807, 2.05) is 35.0 Å². The molecule has 1 aliphatic rings. The highest BCUT2D eigenvalue weighted by molar-refractivity contribution is 5.92. The van der Waals surface area contributed by atoms with Crippen molar-refractivity contribution in [1.29, 1.82) is 0 Å². The summed E-state index contributed by atoms with van der Waals surface area (Å²) >= 11 is 0. The molecule has 0 saturated carbocycles. The van der Waals surface area contributed by atoms with Gasteiger partial charge in [-0.2, -0.15) is 10.2 Å². The molecule has 0 radical (unpaired) electrons. The van der Waals surface area contributed by atoms with Crippen LogP contribution in [0.2, 0.25) is 0 Å². The quantitative estimate of drug-likeness (QED) is 0.511. The van der Waals surface area contributed by atoms with Crippen LogP contribution in [0.3, 0.4) is 0 Å². The fourth-order valence-corrected chi connectivity index (χ4v) is 4.22. The van der Waals surface area contributed by atoms with E-state index >= 15 is 0 Å². The van der Waals surface area contributed by atoms with Crippen LogP contribution >= 0.6 is 0 Å². The molecule has 156 valence electrons. The number of hydrogen-bond acceptors (Lipinski definition) is 3. The van der Waals surface area contributed by atoms with Gasteiger partial charge >= 0.3 is 0 Å². The van der Waals surface area contributed by atoms with Gasteiger partial charge in [0.05, 0.1) is 11.9 Å². The highest BCUT2D eigenvalue weighted by Crippen LogP contribution is 2.35. The molecule has 0 N–H and O–H groups in total. The SMILES string of the molecule is Cc1c(C2CN(C(=O)c3ccn(-c4ccc(F)cc4)n3)Cc3ccccc32)cnn1C. The molecule has 0 saturated heterocycles. The highest BCUT2D eigenvalue weighted by atomic mass is 19.1. The molecular weight excluding hydrogens is 393 g/mol. The van der Waals surface area contributed by atoms with Gasteiger partial charge in [0.25, 0.3) is 5.91 Å². The standard InChI is InChI=1S/C24H22FN5O/c1-16-21(13-26-28(16)2)22-15-29(14-17-5-3-4-6-20(17)22)24(31)23-11-12-30(27-23)19-9-7-18(25)8-10-19/h3-13,22H,14-15H2,1-2H3. The number of aryl methyl sites for hydroxylation is 1. The van der Waals surface area contributed by atoms with Gasteiger partial charge in [0.1, 0.15) is 5.82 Å². The second kappa shape index (κ2) is 7.50. The zero-order valence-corrected chi connectivity index (χ0v) is 17.4. The summed E-state index contributed by atoms with van der Waals surface area (Å²) < 4.78 is 16.7. The molecule has 3 heterocycles. The van der Waals surface area contributed by atoms with Crippen LogP contribution in [0, 0.1) is 12.7 Å². The molecule has 0 aliphatic carbocycles. The Labute approximate surface area is 179 Å². The summed E-state index contributed by atoms with van der Waals surface area (Å²) in [6, 6.07) is 16.0. The molecule has 0 spiro atoms. The Hall–Kier alpha value is -3.74. The summed E-state index contributed by atoms with van der Waals surface area (Å²) in [6.07, 6.45) is 3.62. The van der Waals surface area contributed by atoms with Gasteiger partial charge in [0, 0.05) is 43.5 Å². The summed E-state index contributed by atoms with van der Waals surface area (Å²) in [5.41, 5.74) is 5.66. The number of carbonyl (C=O) groups excluding carboxylic acids is 1. The maximum absolute atomic E-state index is 13.3. The lowest BCUT2D eigenvalue weighted by atomic mass is 9.85. The van der Waals surface area contributed by atoms with Crippen molar-refractivity contribution >= 4 is 5.91 Å². The van der Waals surface area contributed by atoms with Gasteiger partial charge < -0.3 is 4.90 Å². The first-order chi connectivity index (χ1) is 15.0. The highest BCUT2D eigenvalue weighted by Gasteiger charge is 2.32. The van der Waals surface area contributed by atoms with Gasteiger partial charge in [-0.1, -0.05) is 24.3 Å². The van der Waals surface area contributed by atoms with Gasteiger partial charge in [-0.25, -0.2) is 9.07 Å². The number of rotatable bonds is 3. The molecular formula is C24H22FN5O. The largest absolute Gasteiger partial charge is 0.332 e. The van der Waals surface area contributed by atoms with E-state index in [2.05, 4.69) is 29.3 Å². The van der Waals surface area contributed by atoms with Gasteiger partial charge in [-0.3, -0.25) is 9.48 Å². The predicted molar refractivity (Wildman–Crippen MR) is 114 cm³/mol. The number of halogens is 1. The summed E-state index contributed by atoms with van der Waals surface area (Å²) in [6.45, 7) is 3.15. The fourth-order valence-electron chi connectivity index (χ4n) is 4.22. The fraction of sp³-hybridized carbons (Fsp3) is 0.208. The van der Waals surface area contributed by atoms with E-state index in [1.54, 1.807) is 29.1 Å². The third kappa shape index (κ3) is 3.42. The number of carbonyl (C=O) groups is 1. The van der Waals surface area contributed by atoms with E-state index in [0.717, 1.165) is 16.8 Å². The first-order valence-electron chi connectivity index (χ1n) is 10.2. The van der Waals surface area contributed by atoms with Crippen LogP contribution < -0.4 is 0 Å². The summed E-state index contributed by atoms with van der Waals surface area (Å²) in [4.78, 5) is 15.2. The van der Waals surface area contributed by atoms with Crippen LogP contribution in [0.5, 0.6) is 0 Å². The molecule has 5 rings (SSSR count). The number of benzene rings is 2. The van der Waals surface area contributed by atoms with Crippen molar-refractivity contribution in [1.82, 2.24) is 24.5 Å². The van der Waals surface area contributed by atoms with E-state index in [4.69, 9.17) is 0 Å². The Morgan fingerprint density at radius 1 is 1.06 bits per heavy atom. The molecule has 2 aromatic heterocycles. The molecule has 7 heteroatoms. The van der Waals surface area contributed by atoms with Crippen molar-refractivity contribution in [3.63, 3.8) is 0 Å². The lowest BCUT2D eigenvalue weighted by Gasteiger charge is -2.34. The minimum atomic E-state index is -0.309. The molecule has 1 atom stereocenters. The summed E-state index contributed by atoms with van der Waals surface area (Å²) in [7, 11) is 1.93. The lowest BCUT2D eigenvalue weighted by Crippen LogP contribution is -2.39. The van der Waals surface area contributed by atoms with Crippen LogP contribution in [0.15, 0.2) is 67.0 Å². The number of aromatic nitrogens is 4. The van der Waals surface area contributed by atoms with Crippen LogP contribution in [0.25, 0.3) is 5.69 Å². The van der Waals surface area contributed by atoms with Crippen molar-refractivity contribution < 1.29 is 9.18 Å². The summed E-state index contributed by atoms with van der Waals surface area (Å²) in [5.74, 6) is -0.375. The Morgan fingerprint density at radius 3 is 2.58 bits per heavy atom. The number of fused-ring (bicyclic) bond motifs is 1. The zero-order valence-electron chi connectivity index (χ0n) is 17.4. The van der Waals surface area contributed by atoms with Gasteiger partial charge in [0.2, 0.25) is 0 Å². The lowest BCUT2D eigenvalue weighted by molar-refractivity contribution is 0.0718. The molecule has 2 aromatic carbocycles. The molecule has 1 unspecified atom stereocenters. The number of hydrogen-bond donors (Lipinski definition) is 0.